The highest BCUT2D eigenvalue weighted by Gasteiger charge is 2.20. The van der Waals surface area contributed by atoms with E-state index in [1.807, 2.05) is 6.07 Å². The summed E-state index contributed by atoms with van der Waals surface area (Å²) in [6.07, 6.45) is 0. The Balaban J connectivity index is 2.11. The van der Waals surface area contributed by atoms with Gasteiger partial charge in [0.05, 0.1) is 18.1 Å². The van der Waals surface area contributed by atoms with E-state index in [4.69, 9.17) is 4.74 Å². The number of pyridine rings is 1. The zero-order valence-electron chi connectivity index (χ0n) is 16.0. The van der Waals surface area contributed by atoms with Gasteiger partial charge in [0, 0.05) is 33.8 Å². The second-order valence-electron chi connectivity index (χ2n) is 6.39. The van der Waals surface area contributed by atoms with Gasteiger partial charge in [0.15, 0.2) is 0 Å². The van der Waals surface area contributed by atoms with Crippen molar-refractivity contribution in [3.8, 4) is 5.75 Å². The molecule has 0 radical (unpaired) electrons. The highest BCUT2D eigenvalue weighted by atomic mass is 16.5. The van der Waals surface area contributed by atoms with Crippen molar-refractivity contribution in [2.45, 2.75) is 6.54 Å². The molecule has 2 heterocycles. The molecular formula is C19H20N4O5. The minimum atomic E-state index is -0.639. The summed E-state index contributed by atoms with van der Waals surface area (Å²) in [5.41, 5.74) is -0.908. The van der Waals surface area contributed by atoms with Gasteiger partial charge in [-0.25, -0.2) is 4.79 Å². The number of amides is 1. The topological polar surface area (TPSA) is 104 Å². The average Bonchev–Trinajstić information content (AvgIpc) is 2.70. The van der Waals surface area contributed by atoms with Crippen LogP contribution in [0.25, 0.3) is 11.0 Å². The van der Waals surface area contributed by atoms with E-state index in [9.17, 15) is 19.2 Å². The lowest BCUT2D eigenvalue weighted by molar-refractivity contribution is 0.0952. The van der Waals surface area contributed by atoms with Crippen molar-refractivity contribution in [3.05, 3.63) is 72.7 Å². The molecule has 3 aromatic rings. The molecule has 2 aromatic heterocycles. The number of carbonyl (C=O) groups is 1. The first-order chi connectivity index (χ1) is 13.3. The maximum absolute atomic E-state index is 12.8. The molecular weight excluding hydrogens is 364 g/mol. The van der Waals surface area contributed by atoms with E-state index in [1.165, 1.54) is 30.3 Å². The fourth-order valence-electron chi connectivity index (χ4n) is 3.10. The van der Waals surface area contributed by atoms with Crippen LogP contribution in [0.3, 0.4) is 0 Å². The van der Waals surface area contributed by atoms with Crippen LogP contribution in [0.4, 0.5) is 0 Å². The number of methoxy groups -OCH3 is 1. The maximum atomic E-state index is 12.8. The Morgan fingerprint density at radius 3 is 2.43 bits per heavy atom. The van der Waals surface area contributed by atoms with Gasteiger partial charge in [0.1, 0.15) is 11.4 Å². The summed E-state index contributed by atoms with van der Waals surface area (Å²) in [7, 11) is 5.76. The van der Waals surface area contributed by atoms with Crippen LogP contribution in [0.5, 0.6) is 5.75 Å². The Kier molecular flexibility index (Phi) is 4.91. The largest absolute Gasteiger partial charge is 0.497 e. The van der Waals surface area contributed by atoms with E-state index < -0.39 is 22.7 Å². The van der Waals surface area contributed by atoms with Crippen molar-refractivity contribution in [1.29, 1.82) is 0 Å². The Morgan fingerprint density at radius 1 is 1.04 bits per heavy atom. The SMILES string of the molecule is COc1cccc(CNC(=O)c2cc(=O)n(C)c3c2c(=O)n(C)c(=O)n3C)c1. The zero-order chi connectivity index (χ0) is 20.6. The fraction of sp³-hybridized carbons (Fsp3) is 0.263. The number of benzene rings is 1. The Morgan fingerprint density at radius 2 is 1.75 bits per heavy atom. The molecule has 1 aromatic carbocycles. The minimum Gasteiger partial charge on any atom is -0.497 e. The second-order valence-corrected chi connectivity index (χ2v) is 6.39. The van der Waals surface area contributed by atoms with E-state index >= 15 is 0 Å². The van der Waals surface area contributed by atoms with Gasteiger partial charge in [-0.2, -0.15) is 0 Å². The van der Waals surface area contributed by atoms with E-state index in [1.54, 1.807) is 25.3 Å². The minimum absolute atomic E-state index is 0.00911. The van der Waals surface area contributed by atoms with Crippen LogP contribution in [-0.2, 0) is 27.7 Å². The lowest BCUT2D eigenvalue weighted by Gasteiger charge is -2.14. The molecule has 0 aliphatic rings. The predicted molar refractivity (Wildman–Crippen MR) is 104 cm³/mol. The number of aryl methyl sites for hydroxylation is 2. The highest BCUT2D eigenvalue weighted by Crippen LogP contribution is 2.14. The number of ether oxygens (including phenoxy) is 1. The van der Waals surface area contributed by atoms with Gasteiger partial charge >= 0.3 is 5.69 Å². The lowest BCUT2D eigenvalue weighted by atomic mass is 10.1. The summed E-state index contributed by atoms with van der Waals surface area (Å²) in [5.74, 6) is 0.0657. The Bertz CT molecular complexity index is 1270. The van der Waals surface area contributed by atoms with Crippen LogP contribution in [-0.4, -0.2) is 26.7 Å². The monoisotopic (exact) mass is 384 g/mol. The van der Waals surface area contributed by atoms with Crippen LogP contribution in [0.15, 0.2) is 44.7 Å². The molecule has 28 heavy (non-hydrogen) atoms. The number of carbonyl (C=O) groups excluding carboxylic acids is 1. The summed E-state index contributed by atoms with van der Waals surface area (Å²) in [5, 5.41) is 2.72. The van der Waals surface area contributed by atoms with E-state index in [0.29, 0.717) is 5.75 Å². The second kappa shape index (κ2) is 7.18. The first kappa shape index (κ1) is 19.2. The normalized spacial score (nSPS) is 10.9. The van der Waals surface area contributed by atoms with Gasteiger partial charge in [-0.15, -0.1) is 0 Å². The Labute approximate surface area is 159 Å². The highest BCUT2D eigenvalue weighted by molar-refractivity contribution is 6.05. The molecule has 0 unspecified atom stereocenters. The van der Waals surface area contributed by atoms with Crippen LogP contribution < -0.4 is 26.9 Å². The summed E-state index contributed by atoms with van der Waals surface area (Å²) in [6, 6.07) is 8.26. The van der Waals surface area contributed by atoms with E-state index in [2.05, 4.69) is 5.32 Å². The molecule has 9 heteroatoms. The first-order valence-corrected chi connectivity index (χ1v) is 8.47. The third-order valence-corrected chi connectivity index (χ3v) is 4.65. The summed E-state index contributed by atoms with van der Waals surface area (Å²) in [6.45, 7) is 0.179. The van der Waals surface area contributed by atoms with Crippen LogP contribution in [0.2, 0.25) is 0 Å². The van der Waals surface area contributed by atoms with Crippen molar-refractivity contribution >= 4 is 16.9 Å². The van der Waals surface area contributed by atoms with E-state index in [0.717, 1.165) is 16.2 Å². The van der Waals surface area contributed by atoms with Gasteiger partial charge in [-0.1, -0.05) is 12.1 Å². The van der Waals surface area contributed by atoms with Crippen LogP contribution in [0, 0.1) is 0 Å². The molecule has 0 saturated heterocycles. The molecule has 0 fully saturated rings. The molecule has 0 aliphatic heterocycles. The van der Waals surface area contributed by atoms with Crippen molar-refractivity contribution in [2.24, 2.45) is 21.1 Å². The van der Waals surface area contributed by atoms with Crippen molar-refractivity contribution < 1.29 is 9.53 Å². The maximum Gasteiger partial charge on any atom is 0.332 e. The number of hydrogen-bond donors (Lipinski definition) is 1. The average molecular weight is 384 g/mol. The number of nitrogens with zero attached hydrogens (tertiary/aromatic N) is 3. The molecule has 0 saturated carbocycles. The molecule has 0 aliphatic carbocycles. The van der Waals surface area contributed by atoms with Gasteiger partial charge in [-0.05, 0) is 17.7 Å². The molecule has 0 atom stereocenters. The zero-order valence-corrected chi connectivity index (χ0v) is 16.0. The smallest absolute Gasteiger partial charge is 0.332 e. The Hall–Kier alpha value is -3.62. The fourth-order valence-corrected chi connectivity index (χ4v) is 3.10. The third kappa shape index (κ3) is 3.11. The van der Waals surface area contributed by atoms with E-state index in [-0.39, 0.29) is 23.1 Å². The number of hydrogen-bond acceptors (Lipinski definition) is 5. The van der Waals surface area contributed by atoms with Crippen LogP contribution >= 0.6 is 0 Å². The van der Waals surface area contributed by atoms with Gasteiger partial charge in [-0.3, -0.25) is 28.1 Å². The molecule has 0 bridgehead atoms. The molecule has 1 N–H and O–H groups in total. The predicted octanol–water partition coefficient (Wildman–Crippen LogP) is -0.125. The summed E-state index contributed by atoms with van der Waals surface area (Å²) >= 11 is 0. The van der Waals surface area contributed by atoms with Crippen molar-refractivity contribution in [3.63, 3.8) is 0 Å². The van der Waals surface area contributed by atoms with Gasteiger partial charge < -0.3 is 10.1 Å². The molecule has 3 rings (SSSR count). The lowest BCUT2D eigenvalue weighted by Crippen LogP contribution is -2.41. The first-order valence-electron chi connectivity index (χ1n) is 8.47. The number of nitrogens with one attached hydrogen (secondary N) is 1. The standard InChI is InChI=1S/C19H20N4O5/c1-21-14(24)9-13(15-17(21)22(2)19(27)23(3)18(15)26)16(25)20-10-11-6-5-7-12(8-11)28-4/h5-9H,10H2,1-4H3,(H,20,25). The van der Waals surface area contributed by atoms with Crippen molar-refractivity contribution in [1.82, 2.24) is 19.0 Å². The molecule has 9 nitrogen and oxygen atoms in total. The molecule has 1 amide bonds. The summed E-state index contributed by atoms with van der Waals surface area (Å²) in [4.78, 5) is 50.0. The quantitative estimate of drug-likeness (QED) is 0.675. The number of fused-ring (bicyclic) bond motifs is 1. The molecule has 146 valence electrons. The van der Waals surface area contributed by atoms with Crippen molar-refractivity contribution in [2.75, 3.05) is 7.11 Å². The number of rotatable bonds is 4. The number of aromatic nitrogens is 3. The van der Waals surface area contributed by atoms with Gasteiger partial charge in [0.25, 0.3) is 17.0 Å². The van der Waals surface area contributed by atoms with Crippen LogP contribution in [0.1, 0.15) is 15.9 Å². The third-order valence-electron chi connectivity index (χ3n) is 4.65. The van der Waals surface area contributed by atoms with Gasteiger partial charge in [0.2, 0.25) is 0 Å². The molecule has 0 spiro atoms. The summed E-state index contributed by atoms with van der Waals surface area (Å²) < 4.78 is 8.42.